The molecule has 0 saturated heterocycles. The first-order valence-electron chi connectivity index (χ1n) is 3.25. The summed E-state index contributed by atoms with van der Waals surface area (Å²) < 4.78 is 0.508. The van der Waals surface area contributed by atoms with Crippen molar-refractivity contribution in [1.29, 1.82) is 0 Å². The molecule has 1 aromatic carbocycles. The summed E-state index contributed by atoms with van der Waals surface area (Å²) in [6, 6.07) is 10.1. The molecule has 0 atom stereocenters. The van der Waals surface area contributed by atoms with E-state index in [2.05, 4.69) is 12.1 Å². The van der Waals surface area contributed by atoms with Crippen molar-refractivity contribution in [2.45, 2.75) is 5.75 Å². The number of benzene rings is 1. The molecule has 0 bridgehead atoms. The van der Waals surface area contributed by atoms with E-state index >= 15 is 0 Å². The molecule has 60 valence electrons. The van der Waals surface area contributed by atoms with E-state index < -0.39 is 0 Å². The van der Waals surface area contributed by atoms with Crippen molar-refractivity contribution >= 4 is 28.3 Å². The molecule has 0 aliphatic heterocycles. The van der Waals surface area contributed by atoms with Gasteiger partial charge in [-0.05, 0) is 5.56 Å². The molecule has 0 aliphatic rings. The minimum Gasteiger partial charge on any atom is -0.385 e. The van der Waals surface area contributed by atoms with Crippen molar-refractivity contribution in [3.63, 3.8) is 0 Å². The summed E-state index contributed by atoms with van der Waals surface area (Å²) in [6.45, 7) is 0. The van der Waals surface area contributed by atoms with E-state index in [1.165, 1.54) is 17.3 Å². The molecule has 0 heterocycles. The zero-order valence-electron chi connectivity index (χ0n) is 6.69. The van der Waals surface area contributed by atoms with Gasteiger partial charge in [-0.25, -0.2) is 0 Å². The Kier molecular flexibility index (Phi) is 6.63. The molecule has 0 saturated carbocycles. The molecule has 0 amide bonds. The van der Waals surface area contributed by atoms with Gasteiger partial charge in [-0.3, -0.25) is 0 Å². The maximum Gasteiger partial charge on any atom is 0.131 e. The maximum atomic E-state index is 5.33. The van der Waals surface area contributed by atoms with Gasteiger partial charge in [-0.2, -0.15) is 0 Å². The van der Waals surface area contributed by atoms with E-state index in [1.807, 2.05) is 18.2 Å². The summed E-state index contributed by atoms with van der Waals surface area (Å²) in [5.74, 6) is 0.871. The second-order valence-electron chi connectivity index (χ2n) is 2.09. The molecule has 0 fully saturated rings. The van der Waals surface area contributed by atoms with Crippen LogP contribution < -0.4 is 5.73 Å². The second-order valence-corrected chi connectivity index (χ2v) is 3.81. The predicted molar refractivity (Wildman–Crippen MR) is 54.5 cm³/mol. The number of thioether (sulfide) groups is 1. The van der Waals surface area contributed by atoms with Crippen molar-refractivity contribution in [2.75, 3.05) is 0 Å². The van der Waals surface area contributed by atoms with E-state index in [4.69, 9.17) is 18.0 Å². The zero-order chi connectivity index (χ0) is 8.10. The number of hydrogen-bond acceptors (Lipinski definition) is 2. The molecule has 0 aromatic heterocycles. The Balaban J connectivity index is 0.00000121. The quantitative estimate of drug-likeness (QED) is 0.642. The molecule has 0 radical (unpaired) electrons. The summed E-state index contributed by atoms with van der Waals surface area (Å²) in [7, 11) is 0. The summed E-state index contributed by atoms with van der Waals surface area (Å²) in [5, 5.41) is 0. The van der Waals surface area contributed by atoms with Crippen LogP contribution in [-0.4, -0.2) is 4.32 Å². The molecule has 1 nitrogen and oxygen atoms in total. The number of thiocarbonyl (C=S) groups is 1. The topological polar surface area (TPSA) is 26.0 Å². The Labute approximate surface area is 94.9 Å². The number of hydrogen-bond donors (Lipinski definition) is 1. The monoisotopic (exact) mass is 247 g/mol. The molecule has 0 aliphatic carbocycles. The van der Waals surface area contributed by atoms with Gasteiger partial charge in [0, 0.05) is 25.2 Å². The van der Waals surface area contributed by atoms with Gasteiger partial charge in [-0.1, -0.05) is 54.3 Å². The third-order valence-corrected chi connectivity index (χ3v) is 2.34. The first-order valence-corrected chi connectivity index (χ1v) is 4.64. The van der Waals surface area contributed by atoms with Crippen LogP contribution in [0.2, 0.25) is 0 Å². The molecule has 0 unspecified atom stereocenters. The van der Waals surface area contributed by atoms with E-state index in [0.717, 1.165) is 5.75 Å². The fourth-order valence-electron chi connectivity index (χ4n) is 0.729. The first kappa shape index (κ1) is 12.1. The van der Waals surface area contributed by atoms with Crippen LogP contribution in [0.3, 0.4) is 0 Å². The summed E-state index contributed by atoms with van der Waals surface area (Å²) >= 11 is 6.23. The van der Waals surface area contributed by atoms with Crippen LogP contribution in [0.4, 0.5) is 0 Å². The van der Waals surface area contributed by atoms with Crippen molar-refractivity contribution in [2.24, 2.45) is 5.73 Å². The first-order chi connectivity index (χ1) is 5.29. The van der Waals surface area contributed by atoms with Gasteiger partial charge in [0.1, 0.15) is 4.32 Å². The van der Waals surface area contributed by atoms with Gasteiger partial charge in [-0.15, -0.1) is 0 Å². The Morgan fingerprint density at radius 3 is 2.42 bits per heavy atom. The maximum absolute atomic E-state index is 5.33. The van der Waals surface area contributed by atoms with E-state index in [9.17, 15) is 0 Å². The normalized spacial score (nSPS) is 8.67. The van der Waals surface area contributed by atoms with Gasteiger partial charge in [0.05, 0.1) is 0 Å². The molecule has 1 aromatic rings. The minimum atomic E-state index is 0. The second kappa shape index (κ2) is 6.58. The Morgan fingerprint density at radius 2 is 1.92 bits per heavy atom. The average molecular weight is 249 g/mol. The van der Waals surface area contributed by atoms with Crippen LogP contribution >= 0.6 is 24.0 Å². The molecular weight excluding hydrogens is 240 g/mol. The fourth-order valence-corrected chi connectivity index (χ4v) is 1.41. The van der Waals surface area contributed by atoms with Crippen LogP contribution in [0.15, 0.2) is 30.3 Å². The van der Waals surface area contributed by atoms with Crippen LogP contribution in [0.25, 0.3) is 0 Å². The van der Waals surface area contributed by atoms with Gasteiger partial charge < -0.3 is 5.73 Å². The van der Waals surface area contributed by atoms with E-state index in [1.54, 1.807) is 0 Å². The van der Waals surface area contributed by atoms with Crippen molar-refractivity contribution in [3.05, 3.63) is 35.9 Å². The summed E-state index contributed by atoms with van der Waals surface area (Å²) in [6.07, 6.45) is 0. The number of rotatable bonds is 2. The van der Waals surface area contributed by atoms with Crippen LogP contribution in [0, 0.1) is 0 Å². The third kappa shape index (κ3) is 4.86. The van der Waals surface area contributed by atoms with E-state index in [0.29, 0.717) is 4.32 Å². The zero-order valence-corrected chi connectivity index (χ0v) is 11.3. The molecule has 4 heteroatoms. The van der Waals surface area contributed by atoms with Gasteiger partial charge in [0.25, 0.3) is 0 Å². The molecular formula is C8H9NS2Zn. The molecule has 1 rings (SSSR count). The van der Waals surface area contributed by atoms with Gasteiger partial charge >= 0.3 is 0 Å². The predicted octanol–water partition coefficient (Wildman–Crippen LogP) is 2.16. The smallest absolute Gasteiger partial charge is 0.131 e. The Hall–Kier alpha value is 0.0834. The van der Waals surface area contributed by atoms with Crippen LogP contribution in [-0.2, 0) is 25.2 Å². The summed E-state index contributed by atoms with van der Waals surface area (Å²) in [5.41, 5.74) is 6.59. The number of nitrogens with two attached hydrogens (primary N) is 1. The van der Waals surface area contributed by atoms with Crippen molar-refractivity contribution < 1.29 is 19.5 Å². The van der Waals surface area contributed by atoms with Crippen LogP contribution in [0.5, 0.6) is 0 Å². The largest absolute Gasteiger partial charge is 0.385 e. The third-order valence-electron chi connectivity index (χ3n) is 1.22. The minimum absolute atomic E-state index is 0. The molecule has 2 N–H and O–H groups in total. The van der Waals surface area contributed by atoms with Crippen molar-refractivity contribution in [1.82, 2.24) is 0 Å². The Bertz CT molecular complexity index is 238. The average Bonchev–Trinajstić information content (AvgIpc) is 2.03. The van der Waals surface area contributed by atoms with Crippen LogP contribution in [0.1, 0.15) is 5.56 Å². The molecule has 12 heavy (non-hydrogen) atoms. The summed E-state index contributed by atoms with van der Waals surface area (Å²) in [4.78, 5) is 0. The Morgan fingerprint density at radius 1 is 1.33 bits per heavy atom. The van der Waals surface area contributed by atoms with E-state index in [-0.39, 0.29) is 19.5 Å². The van der Waals surface area contributed by atoms with Gasteiger partial charge in [0.2, 0.25) is 0 Å². The molecule has 0 spiro atoms. The standard InChI is InChI=1S/C8H9NS2.Zn/c9-8(10)11-6-7-4-2-1-3-5-7;/h1-5H,6H2,(H2,9,10);. The van der Waals surface area contributed by atoms with Crippen molar-refractivity contribution in [3.8, 4) is 0 Å². The SMILES string of the molecule is NC(=S)SCc1ccccc1.[Zn]. The van der Waals surface area contributed by atoms with Gasteiger partial charge in [0.15, 0.2) is 0 Å². The fraction of sp³-hybridized carbons (Fsp3) is 0.125.